The first-order valence-corrected chi connectivity index (χ1v) is 8.15. The normalized spacial score (nSPS) is 15.4. The number of piperazine rings is 1. The third-order valence-corrected chi connectivity index (χ3v) is 3.98. The van der Waals surface area contributed by atoms with Crippen molar-refractivity contribution in [2.45, 2.75) is 33.6 Å². The highest BCUT2D eigenvalue weighted by Gasteiger charge is 2.23. The summed E-state index contributed by atoms with van der Waals surface area (Å²) in [7, 11) is 0. The van der Waals surface area contributed by atoms with Crippen LogP contribution in [-0.2, 0) is 4.79 Å². The van der Waals surface area contributed by atoms with Crippen LogP contribution in [0.4, 0.5) is 4.79 Å². The molecule has 1 heterocycles. The monoisotopic (exact) mass is 298 g/mol. The minimum Gasteiger partial charge on any atom is -0.339 e. The summed E-state index contributed by atoms with van der Waals surface area (Å²) in [5, 5.41) is 2.88. The Hall–Kier alpha value is -1.30. The molecule has 0 saturated carbocycles. The quantitative estimate of drug-likeness (QED) is 0.762. The van der Waals surface area contributed by atoms with Crippen LogP contribution in [-0.4, -0.2) is 79.0 Å². The van der Waals surface area contributed by atoms with Crippen LogP contribution in [0.25, 0.3) is 0 Å². The summed E-state index contributed by atoms with van der Waals surface area (Å²) in [5.74, 6) is 0.204. The zero-order chi connectivity index (χ0) is 15.7. The van der Waals surface area contributed by atoms with Gasteiger partial charge in [-0.15, -0.1) is 0 Å². The predicted molar refractivity (Wildman–Crippen MR) is 84.2 cm³/mol. The highest BCUT2D eigenvalue weighted by Crippen LogP contribution is 2.05. The van der Waals surface area contributed by atoms with Crippen molar-refractivity contribution in [3.8, 4) is 0 Å². The first kappa shape index (κ1) is 17.8. The molecule has 0 radical (unpaired) electrons. The molecule has 0 spiro atoms. The van der Waals surface area contributed by atoms with Gasteiger partial charge in [-0.25, -0.2) is 4.79 Å². The number of urea groups is 1. The predicted octanol–water partition coefficient (Wildman–Crippen LogP) is 0.982. The molecule has 0 unspecified atom stereocenters. The maximum atomic E-state index is 12.2. The van der Waals surface area contributed by atoms with Crippen molar-refractivity contribution in [3.63, 3.8) is 0 Å². The number of nitrogens with zero attached hydrogens (tertiary/aromatic N) is 3. The van der Waals surface area contributed by atoms with Crippen molar-refractivity contribution in [1.29, 1.82) is 0 Å². The standard InChI is InChI=1S/C15H30N4O2/c1-4-8-16-15(21)19-12-10-18(11-13-19)14(20)7-9-17(5-2)6-3/h4-13H2,1-3H3,(H,16,21). The van der Waals surface area contributed by atoms with Crippen molar-refractivity contribution in [2.24, 2.45) is 0 Å². The minimum atomic E-state index is -0.00732. The molecule has 0 aliphatic carbocycles. The lowest BCUT2D eigenvalue weighted by Gasteiger charge is -2.35. The van der Waals surface area contributed by atoms with E-state index in [0.717, 1.165) is 26.1 Å². The second kappa shape index (κ2) is 9.60. The van der Waals surface area contributed by atoms with Gasteiger partial charge in [-0.1, -0.05) is 20.8 Å². The number of hydrogen-bond donors (Lipinski definition) is 1. The molecule has 1 saturated heterocycles. The fraction of sp³-hybridized carbons (Fsp3) is 0.867. The van der Waals surface area contributed by atoms with Gasteiger partial charge in [0.2, 0.25) is 5.91 Å². The zero-order valence-corrected chi connectivity index (χ0v) is 13.7. The molecular formula is C15H30N4O2. The molecule has 122 valence electrons. The van der Waals surface area contributed by atoms with Crippen molar-refractivity contribution >= 4 is 11.9 Å². The van der Waals surface area contributed by atoms with E-state index in [1.165, 1.54) is 0 Å². The SMILES string of the molecule is CCCNC(=O)N1CCN(C(=O)CCN(CC)CC)CC1. The van der Waals surface area contributed by atoms with E-state index >= 15 is 0 Å². The van der Waals surface area contributed by atoms with Crippen LogP contribution < -0.4 is 5.32 Å². The van der Waals surface area contributed by atoms with E-state index in [9.17, 15) is 9.59 Å². The number of hydrogen-bond acceptors (Lipinski definition) is 3. The molecule has 1 N–H and O–H groups in total. The van der Waals surface area contributed by atoms with E-state index in [4.69, 9.17) is 0 Å². The summed E-state index contributed by atoms with van der Waals surface area (Å²) < 4.78 is 0. The fourth-order valence-corrected chi connectivity index (χ4v) is 2.45. The molecule has 0 aromatic rings. The topological polar surface area (TPSA) is 55.9 Å². The largest absolute Gasteiger partial charge is 0.339 e. The van der Waals surface area contributed by atoms with Crippen LogP contribution in [0.5, 0.6) is 0 Å². The number of nitrogens with one attached hydrogen (secondary N) is 1. The molecule has 6 nitrogen and oxygen atoms in total. The van der Waals surface area contributed by atoms with Crippen LogP contribution in [0.3, 0.4) is 0 Å². The van der Waals surface area contributed by atoms with Gasteiger partial charge in [-0.05, 0) is 19.5 Å². The van der Waals surface area contributed by atoms with Crippen molar-refractivity contribution in [2.75, 3.05) is 52.4 Å². The Balaban J connectivity index is 2.28. The molecule has 1 fully saturated rings. The molecule has 1 aliphatic rings. The molecular weight excluding hydrogens is 268 g/mol. The van der Waals surface area contributed by atoms with Crippen LogP contribution in [0.2, 0.25) is 0 Å². The van der Waals surface area contributed by atoms with E-state index < -0.39 is 0 Å². The third kappa shape index (κ3) is 5.91. The first-order chi connectivity index (χ1) is 10.1. The maximum absolute atomic E-state index is 12.2. The van der Waals surface area contributed by atoms with Gasteiger partial charge in [0.25, 0.3) is 0 Å². The molecule has 6 heteroatoms. The van der Waals surface area contributed by atoms with Crippen LogP contribution >= 0.6 is 0 Å². The van der Waals surface area contributed by atoms with Crippen molar-refractivity contribution in [1.82, 2.24) is 20.0 Å². The third-order valence-electron chi connectivity index (χ3n) is 3.98. The molecule has 0 bridgehead atoms. The maximum Gasteiger partial charge on any atom is 0.317 e. The van der Waals surface area contributed by atoms with Crippen molar-refractivity contribution in [3.05, 3.63) is 0 Å². The van der Waals surface area contributed by atoms with Crippen LogP contribution in [0.15, 0.2) is 0 Å². The molecule has 0 aromatic carbocycles. The van der Waals surface area contributed by atoms with Gasteiger partial charge < -0.3 is 20.0 Å². The number of rotatable bonds is 7. The van der Waals surface area contributed by atoms with E-state index in [2.05, 4.69) is 24.1 Å². The van der Waals surface area contributed by atoms with Gasteiger partial charge in [-0.3, -0.25) is 4.79 Å². The van der Waals surface area contributed by atoms with Gasteiger partial charge in [0.1, 0.15) is 0 Å². The van der Waals surface area contributed by atoms with Crippen molar-refractivity contribution < 1.29 is 9.59 Å². The second-order valence-corrected chi connectivity index (χ2v) is 5.38. The molecule has 21 heavy (non-hydrogen) atoms. The lowest BCUT2D eigenvalue weighted by atomic mass is 10.2. The van der Waals surface area contributed by atoms with Crippen LogP contribution in [0, 0.1) is 0 Å². The van der Waals surface area contributed by atoms with E-state index in [0.29, 0.717) is 39.1 Å². The molecule has 0 aromatic heterocycles. The van der Waals surface area contributed by atoms with Crippen LogP contribution in [0.1, 0.15) is 33.6 Å². The minimum absolute atomic E-state index is 0.00732. The van der Waals surface area contributed by atoms with Gasteiger partial charge in [0.05, 0.1) is 0 Å². The van der Waals surface area contributed by atoms with E-state index in [-0.39, 0.29) is 11.9 Å². The average Bonchev–Trinajstić information content (AvgIpc) is 2.53. The fourth-order valence-electron chi connectivity index (χ4n) is 2.45. The smallest absolute Gasteiger partial charge is 0.317 e. The lowest BCUT2D eigenvalue weighted by Crippen LogP contribution is -2.53. The lowest BCUT2D eigenvalue weighted by molar-refractivity contribution is -0.132. The molecule has 0 atom stereocenters. The van der Waals surface area contributed by atoms with Gasteiger partial charge in [-0.2, -0.15) is 0 Å². The molecule has 3 amide bonds. The number of carbonyl (C=O) groups is 2. The first-order valence-electron chi connectivity index (χ1n) is 8.15. The summed E-state index contributed by atoms with van der Waals surface area (Å²) in [5.41, 5.74) is 0. The Morgan fingerprint density at radius 1 is 1.00 bits per heavy atom. The summed E-state index contributed by atoms with van der Waals surface area (Å²) in [6.45, 7) is 12.3. The zero-order valence-electron chi connectivity index (χ0n) is 13.7. The van der Waals surface area contributed by atoms with Gasteiger partial charge in [0, 0.05) is 45.7 Å². The Labute approximate surface area is 128 Å². The highest BCUT2D eigenvalue weighted by molar-refractivity contribution is 5.77. The highest BCUT2D eigenvalue weighted by atomic mass is 16.2. The Kier molecular flexibility index (Phi) is 8.12. The number of amides is 3. The summed E-state index contributed by atoms with van der Waals surface area (Å²) in [4.78, 5) is 29.9. The van der Waals surface area contributed by atoms with Gasteiger partial charge >= 0.3 is 6.03 Å². The van der Waals surface area contributed by atoms with E-state index in [1.54, 1.807) is 4.90 Å². The Morgan fingerprint density at radius 2 is 1.57 bits per heavy atom. The summed E-state index contributed by atoms with van der Waals surface area (Å²) >= 11 is 0. The second-order valence-electron chi connectivity index (χ2n) is 5.38. The Morgan fingerprint density at radius 3 is 2.10 bits per heavy atom. The Bertz CT molecular complexity index is 324. The molecule has 1 aliphatic heterocycles. The summed E-state index contributed by atoms with van der Waals surface area (Å²) in [6.07, 6.45) is 1.51. The summed E-state index contributed by atoms with van der Waals surface area (Å²) in [6, 6.07) is -0.00732. The van der Waals surface area contributed by atoms with E-state index in [1.807, 2.05) is 11.8 Å². The molecule has 1 rings (SSSR count). The number of carbonyl (C=O) groups excluding carboxylic acids is 2. The van der Waals surface area contributed by atoms with Gasteiger partial charge in [0.15, 0.2) is 0 Å². The average molecular weight is 298 g/mol.